The zero-order valence-corrected chi connectivity index (χ0v) is 5.17. The molecular formula is C3H9NO3S. The van der Waals surface area contributed by atoms with Gasteiger partial charge in [0.2, 0.25) is 0 Å². The molecule has 0 spiro atoms. The molecule has 0 aliphatic heterocycles. The van der Waals surface area contributed by atoms with E-state index in [-0.39, 0.29) is 13.2 Å². The van der Waals surface area contributed by atoms with Gasteiger partial charge in [-0.2, -0.15) is 0 Å². The third kappa shape index (κ3) is 4.20. The highest BCUT2D eigenvalue weighted by atomic mass is 32.2. The summed E-state index contributed by atoms with van der Waals surface area (Å²) in [6.07, 6.45) is -0.698. The molecule has 0 aliphatic carbocycles. The number of nitrogens with two attached hydrogens (primary N) is 1. The molecule has 0 rings (SSSR count). The Hall–Kier alpha value is 0.0300. The molecule has 0 radical (unpaired) electrons. The van der Waals surface area contributed by atoms with Crippen LogP contribution >= 0.6 is 0 Å². The Kier molecular flexibility index (Phi) is 5.19. The van der Waals surface area contributed by atoms with Crippen molar-refractivity contribution in [3.05, 3.63) is 0 Å². The fourth-order valence-electron chi connectivity index (χ4n) is 0.185. The van der Waals surface area contributed by atoms with E-state index in [9.17, 15) is 4.21 Å². The van der Waals surface area contributed by atoms with E-state index >= 15 is 0 Å². The molecule has 8 heavy (non-hydrogen) atoms. The third-order valence-electron chi connectivity index (χ3n) is 0.592. The summed E-state index contributed by atoms with van der Waals surface area (Å²) in [5.41, 5.74) is 4.98. The second kappa shape index (κ2) is 5.17. The van der Waals surface area contributed by atoms with Crippen LogP contribution < -0.4 is 5.73 Å². The van der Waals surface area contributed by atoms with E-state index in [1.807, 2.05) is 0 Å². The Bertz CT molecular complexity index is 69.5. The summed E-state index contributed by atoms with van der Waals surface area (Å²) in [5, 5.41) is 8.60. The molecule has 3 N–H and O–H groups in total. The van der Waals surface area contributed by atoms with E-state index in [4.69, 9.17) is 10.8 Å². The third-order valence-corrected chi connectivity index (χ3v) is 0.846. The van der Waals surface area contributed by atoms with E-state index in [2.05, 4.69) is 4.18 Å². The first-order chi connectivity index (χ1) is 3.81. The van der Waals surface area contributed by atoms with Crippen LogP contribution in [0, 0.1) is 0 Å². The molecule has 0 heterocycles. The number of thiol groups is 1. The standard InChI is InChI=1S/C3H9NO3S/c4-1-3(5)2-7-8-6/h3,5,8H,1-2,4H2/t3-/m0/s1. The van der Waals surface area contributed by atoms with Crippen LogP contribution in [0.25, 0.3) is 0 Å². The Morgan fingerprint density at radius 2 is 2.50 bits per heavy atom. The average Bonchev–Trinajstić information content (AvgIpc) is 1.83. The van der Waals surface area contributed by atoms with Gasteiger partial charge in [-0.15, -0.1) is 0 Å². The van der Waals surface area contributed by atoms with Crippen molar-refractivity contribution < 1.29 is 13.5 Å². The molecule has 5 heteroatoms. The number of aliphatic hydroxyl groups excluding tert-OH is 1. The maximum Gasteiger partial charge on any atom is 0.142 e. The maximum absolute atomic E-state index is 9.55. The highest BCUT2D eigenvalue weighted by Gasteiger charge is 1.97. The van der Waals surface area contributed by atoms with E-state index in [0.717, 1.165) is 0 Å². The van der Waals surface area contributed by atoms with E-state index in [0.29, 0.717) is 0 Å². The van der Waals surface area contributed by atoms with Gasteiger partial charge in [0.25, 0.3) is 0 Å². The van der Waals surface area contributed by atoms with Crippen LogP contribution in [0.15, 0.2) is 0 Å². The largest absolute Gasteiger partial charge is 0.389 e. The minimum Gasteiger partial charge on any atom is -0.389 e. The summed E-state index contributed by atoms with van der Waals surface area (Å²) in [6.45, 7) is 0.164. The lowest BCUT2D eigenvalue weighted by atomic mass is 10.4. The zero-order valence-electron chi connectivity index (χ0n) is 4.28. The summed E-state index contributed by atoms with van der Waals surface area (Å²) in [4.78, 5) is 0. The van der Waals surface area contributed by atoms with E-state index in [1.165, 1.54) is 0 Å². The van der Waals surface area contributed by atoms with Crippen LogP contribution in [0.5, 0.6) is 0 Å². The molecular weight excluding hydrogens is 130 g/mol. The van der Waals surface area contributed by atoms with Crippen molar-refractivity contribution in [2.45, 2.75) is 6.10 Å². The molecule has 1 atom stereocenters. The van der Waals surface area contributed by atoms with Crippen molar-refractivity contribution in [2.24, 2.45) is 5.73 Å². The Balaban J connectivity index is 2.97. The lowest BCUT2D eigenvalue weighted by molar-refractivity contribution is 0.124. The molecule has 0 saturated carbocycles. The maximum atomic E-state index is 9.55. The SMILES string of the molecule is NC[C@H](O)CO[SH]=O. The summed E-state index contributed by atoms with van der Waals surface area (Å²) < 4.78 is 13.8. The minimum atomic E-state index is -0.698. The highest BCUT2D eigenvalue weighted by molar-refractivity contribution is 7.60. The summed E-state index contributed by atoms with van der Waals surface area (Å²) in [5.74, 6) is 0. The Morgan fingerprint density at radius 3 is 2.88 bits per heavy atom. The average molecular weight is 139 g/mol. The fourth-order valence-corrected chi connectivity index (χ4v) is 0.417. The van der Waals surface area contributed by atoms with Crippen molar-refractivity contribution in [1.82, 2.24) is 0 Å². The first kappa shape index (κ1) is 8.03. The van der Waals surface area contributed by atoms with Gasteiger partial charge in [-0.25, -0.2) is 4.21 Å². The summed E-state index contributed by atoms with van der Waals surface area (Å²) in [6, 6.07) is 0. The molecule has 0 aliphatic rings. The van der Waals surface area contributed by atoms with Gasteiger partial charge in [-0.3, -0.25) is 4.18 Å². The minimum absolute atomic E-state index is 0.0293. The number of rotatable bonds is 4. The lowest BCUT2D eigenvalue weighted by Crippen LogP contribution is -2.24. The monoisotopic (exact) mass is 139 g/mol. The second-order valence-corrected chi connectivity index (χ2v) is 1.67. The van der Waals surface area contributed by atoms with Gasteiger partial charge in [0.1, 0.15) is 11.9 Å². The van der Waals surface area contributed by atoms with Crippen LogP contribution in [-0.4, -0.2) is 28.6 Å². The molecule has 50 valence electrons. The smallest absolute Gasteiger partial charge is 0.142 e. The van der Waals surface area contributed by atoms with Crippen molar-refractivity contribution in [2.75, 3.05) is 13.2 Å². The van der Waals surface area contributed by atoms with Gasteiger partial charge < -0.3 is 10.8 Å². The van der Waals surface area contributed by atoms with Crippen LogP contribution in [0.2, 0.25) is 0 Å². The highest BCUT2D eigenvalue weighted by Crippen LogP contribution is 1.78. The van der Waals surface area contributed by atoms with Gasteiger partial charge >= 0.3 is 0 Å². The molecule has 0 fully saturated rings. The lowest BCUT2D eigenvalue weighted by Gasteiger charge is -2.01. The fraction of sp³-hybridized carbons (Fsp3) is 1.00. The Morgan fingerprint density at radius 1 is 1.88 bits per heavy atom. The Labute approximate surface area is 51.3 Å². The first-order valence-corrected chi connectivity index (χ1v) is 2.87. The van der Waals surface area contributed by atoms with Crippen molar-refractivity contribution in [3.63, 3.8) is 0 Å². The molecule has 0 aromatic heterocycles. The normalized spacial score (nSPS) is 13.8. The van der Waals surface area contributed by atoms with Crippen molar-refractivity contribution in [1.29, 1.82) is 0 Å². The molecule has 0 amide bonds. The number of aliphatic hydroxyl groups is 1. The molecule has 0 unspecified atom stereocenters. The topological polar surface area (TPSA) is 72.6 Å². The van der Waals surface area contributed by atoms with Crippen LogP contribution in [0.4, 0.5) is 0 Å². The molecule has 4 nitrogen and oxygen atoms in total. The predicted octanol–water partition coefficient (Wildman–Crippen LogP) is -1.82. The summed E-state index contributed by atoms with van der Waals surface area (Å²) >= 11 is -0.416. The number of hydrogen-bond acceptors (Lipinski definition) is 4. The zero-order chi connectivity index (χ0) is 6.41. The number of hydrogen-bond donors (Lipinski definition) is 3. The molecule has 0 bridgehead atoms. The molecule has 0 aromatic rings. The quantitative estimate of drug-likeness (QED) is 0.401. The van der Waals surface area contributed by atoms with Crippen LogP contribution in [-0.2, 0) is 16.1 Å². The molecule has 0 aromatic carbocycles. The van der Waals surface area contributed by atoms with Crippen LogP contribution in [0.1, 0.15) is 0 Å². The van der Waals surface area contributed by atoms with Crippen molar-refractivity contribution in [3.8, 4) is 0 Å². The van der Waals surface area contributed by atoms with Gasteiger partial charge in [0.15, 0.2) is 0 Å². The van der Waals surface area contributed by atoms with Gasteiger partial charge in [0.05, 0.1) is 12.7 Å². The van der Waals surface area contributed by atoms with Gasteiger partial charge in [-0.05, 0) is 0 Å². The van der Waals surface area contributed by atoms with Gasteiger partial charge in [-0.1, -0.05) is 0 Å². The van der Waals surface area contributed by atoms with Gasteiger partial charge in [0, 0.05) is 6.54 Å². The van der Waals surface area contributed by atoms with E-state index in [1.54, 1.807) is 0 Å². The van der Waals surface area contributed by atoms with E-state index < -0.39 is 18.1 Å². The predicted molar refractivity (Wildman–Crippen MR) is 30.6 cm³/mol. The van der Waals surface area contributed by atoms with Crippen molar-refractivity contribution >= 4 is 11.9 Å². The van der Waals surface area contributed by atoms with Crippen LogP contribution in [0.3, 0.4) is 0 Å². The first-order valence-electron chi connectivity index (χ1n) is 2.14. The summed E-state index contributed by atoms with van der Waals surface area (Å²) in [7, 11) is 0. The second-order valence-electron chi connectivity index (χ2n) is 1.26. The molecule has 0 saturated heterocycles.